The summed E-state index contributed by atoms with van der Waals surface area (Å²) in [5.41, 5.74) is 0.0173. The zero-order chi connectivity index (χ0) is 20.8. The summed E-state index contributed by atoms with van der Waals surface area (Å²) in [4.78, 5) is 26.2. The SMILES string of the molecule is CNS(=O)(=O)NCC1CC(SC2=C(C(=O)O)N3C(=O)C(C(C)O)C3C2C)CN1. The van der Waals surface area contributed by atoms with Gasteiger partial charge in [0.25, 0.3) is 10.2 Å². The fourth-order valence-corrected chi connectivity index (χ4v) is 6.25. The molecule has 0 aliphatic carbocycles. The van der Waals surface area contributed by atoms with Crippen molar-refractivity contribution in [1.82, 2.24) is 19.7 Å². The Morgan fingerprint density at radius 1 is 1.46 bits per heavy atom. The van der Waals surface area contributed by atoms with Gasteiger partial charge in [-0.2, -0.15) is 8.42 Å². The third-order valence-corrected chi connectivity index (χ3v) is 8.17. The predicted octanol–water partition coefficient (Wildman–Crippen LogP) is -1.34. The van der Waals surface area contributed by atoms with E-state index in [1.54, 1.807) is 6.92 Å². The van der Waals surface area contributed by atoms with Crippen LogP contribution >= 0.6 is 11.8 Å². The Kier molecular flexibility index (Phi) is 6.09. The van der Waals surface area contributed by atoms with Crippen molar-refractivity contribution in [3.8, 4) is 0 Å². The van der Waals surface area contributed by atoms with E-state index in [9.17, 15) is 28.2 Å². The molecule has 3 rings (SSSR count). The van der Waals surface area contributed by atoms with Gasteiger partial charge in [-0.15, -0.1) is 11.8 Å². The number of carbonyl (C=O) groups excluding carboxylic acids is 1. The largest absolute Gasteiger partial charge is 0.477 e. The molecule has 158 valence electrons. The van der Waals surface area contributed by atoms with E-state index in [2.05, 4.69) is 14.8 Å². The van der Waals surface area contributed by atoms with E-state index in [1.165, 1.54) is 23.7 Å². The van der Waals surface area contributed by atoms with Gasteiger partial charge in [0.15, 0.2) is 0 Å². The average molecular weight is 435 g/mol. The van der Waals surface area contributed by atoms with Crippen molar-refractivity contribution in [3.05, 3.63) is 10.6 Å². The minimum Gasteiger partial charge on any atom is -0.477 e. The summed E-state index contributed by atoms with van der Waals surface area (Å²) >= 11 is 1.43. The number of hydrogen-bond acceptors (Lipinski definition) is 7. The van der Waals surface area contributed by atoms with Crippen LogP contribution in [0.3, 0.4) is 0 Å². The molecule has 10 nitrogen and oxygen atoms in total. The molecule has 2 fully saturated rings. The van der Waals surface area contributed by atoms with Crippen LogP contribution in [0.4, 0.5) is 0 Å². The number of aliphatic carboxylic acids is 1. The highest BCUT2D eigenvalue weighted by Gasteiger charge is 2.60. The molecular weight excluding hydrogens is 408 g/mol. The van der Waals surface area contributed by atoms with Crippen molar-refractivity contribution in [1.29, 1.82) is 0 Å². The van der Waals surface area contributed by atoms with Gasteiger partial charge in [-0.05, 0) is 13.3 Å². The van der Waals surface area contributed by atoms with Gasteiger partial charge >= 0.3 is 5.97 Å². The first-order valence-corrected chi connectivity index (χ1v) is 11.5. The number of carboxylic acids is 1. The lowest BCUT2D eigenvalue weighted by Gasteiger charge is -2.46. The second-order valence-corrected chi connectivity index (χ2v) is 10.5. The number of carboxylic acid groups (broad SMARTS) is 1. The van der Waals surface area contributed by atoms with Crippen molar-refractivity contribution in [2.75, 3.05) is 20.1 Å². The minimum absolute atomic E-state index is 0.0173. The number of hydrogen-bond donors (Lipinski definition) is 5. The highest BCUT2D eigenvalue weighted by molar-refractivity contribution is 8.03. The molecule has 0 aromatic carbocycles. The topological polar surface area (TPSA) is 148 Å². The van der Waals surface area contributed by atoms with Gasteiger partial charge in [0.2, 0.25) is 5.91 Å². The Bertz CT molecular complexity index is 799. The third-order valence-electron chi connectivity index (χ3n) is 5.57. The molecule has 1 amide bonds. The van der Waals surface area contributed by atoms with Crippen LogP contribution in [0.15, 0.2) is 10.6 Å². The van der Waals surface area contributed by atoms with Crippen LogP contribution in [-0.2, 0) is 19.8 Å². The van der Waals surface area contributed by atoms with Crippen molar-refractivity contribution in [3.63, 3.8) is 0 Å². The minimum atomic E-state index is -3.50. The van der Waals surface area contributed by atoms with Crippen molar-refractivity contribution in [2.45, 2.75) is 43.7 Å². The number of rotatable bonds is 8. The van der Waals surface area contributed by atoms with E-state index in [0.717, 1.165) is 0 Å². The molecule has 0 saturated carbocycles. The number of aliphatic hydroxyl groups excluding tert-OH is 1. The first-order valence-electron chi connectivity index (χ1n) is 9.14. The van der Waals surface area contributed by atoms with Gasteiger partial charge in [0.05, 0.1) is 18.1 Å². The molecule has 0 spiro atoms. The predicted molar refractivity (Wildman–Crippen MR) is 103 cm³/mol. The molecule has 3 aliphatic heterocycles. The molecule has 0 aromatic heterocycles. The van der Waals surface area contributed by atoms with Gasteiger partial charge in [0.1, 0.15) is 5.70 Å². The zero-order valence-corrected chi connectivity index (χ0v) is 17.5. The Balaban J connectivity index is 1.68. The van der Waals surface area contributed by atoms with Crippen molar-refractivity contribution < 1.29 is 28.2 Å². The lowest BCUT2D eigenvalue weighted by atomic mass is 9.79. The molecule has 28 heavy (non-hydrogen) atoms. The van der Waals surface area contributed by atoms with Crippen LogP contribution in [0.5, 0.6) is 0 Å². The number of carbonyl (C=O) groups is 2. The first-order chi connectivity index (χ1) is 13.1. The average Bonchev–Trinajstić information content (AvgIpc) is 3.15. The third kappa shape index (κ3) is 3.81. The molecule has 3 aliphatic rings. The summed E-state index contributed by atoms with van der Waals surface area (Å²) in [6.45, 7) is 4.28. The summed E-state index contributed by atoms with van der Waals surface area (Å²) < 4.78 is 27.6. The van der Waals surface area contributed by atoms with E-state index >= 15 is 0 Å². The van der Waals surface area contributed by atoms with Gasteiger partial charge < -0.3 is 20.4 Å². The monoisotopic (exact) mass is 434 g/mol. The molecule has 2 saturated heterocycles. The first kappa shape index (κ1) is 21.5. The Morgan fingerprint density at radius 3 is 2.71 bits per heavy atom. The fraction of sp³-hybridized carbons (Fsp3) is 0.750. The molecule has 0 bridgehead atoms. The second kappa shape index (κ2) is 7.92. The van der Waals surface area contributed by atoms with Crippen LogP contribution in [-0.4, -0.2) is 79.0 Å². The van der Waals surface area contributed by atoms with Crippen LogP contribution < -0.4 is 14.8 Å². The van der Waals surface area contributed by atoms with Crippen LogP contribution in [0.2, 0.25) is 0 Å². The normalized spacial score (nSPS) is 33.8. The molecule has 6 atom stereocenters. The van der Waals surface area contributed by atoms with Crippen LogP contribution in [0, 0.1) is 11.8 Å². The maximum atomic E-state index is 12.4. The number of β-lactam (4-membered cyclic amide) rings is 1. The summed E-state index contributed by atoms with van der Waals surface area (Å²) in [7, 11) is -2.17. The van der Waals surface area contributed by atoms with E-state index < -0.39 is 28.2 Å². The Morgan fingerprint density at radius 2 is 2.14 bits per heavy atom. The lowest BCUT2D eigenvalue weighted by Crippen LogP contribution is -2.63. The van der Waals surface area contributed by atoms with Crippen molar-refractivity contribution in [2.24, 2.45) is 11.8 Å². The van der Waals surface area contributed by atoms with E-state index in [1.807, 2.05) is 6.92 Å². The highest BCUT2D eigenvalue weighted by Crippen LogP contribution is 2.51. The van der Waals surface area contributed by atoms with Gasteiger partial charge in [-0.3, -0.25) is 4.79 Å². The summed E-state index contributed by atoms with van der Waals surface area (Å²) in [5, 5.41) is 22.9. The number of aliphatic hydroxyl groups is 1. The molecule has 5 N–H and O–H groups in total. The highest BCUT2D eigenvalue weighted by atomic mass is 32.2. The molecular formula is C16H26N4O6S2. The van der Waals surface area contributed by atoms with Crippen LogP contribution in [0.25, 0.3) is 0 Å². The van der Waals surface area contributed by atoms with E-state index in [4.69, 9.17) is 0 Å². The summed E-state index contributed by atoms with van der Waals surface area (Å²) in [6.07, 6.45) is -0.160. The number of thioether (sulfide) groups is 1. The number of nitrogens with one attached hydrogen (secondary N) is 3. The molecule has 12 heteroatoms. The smallest absolute Gasteiger partial charge is 0.353 e. The quantitative estimate of drug-likeness (QED) is 0.295. The Hall–Kier alpha value is -1.18. The van der Waals surface area contributed by atoms with E-state index in [0.29, 0.717) is 17.9 Å². The van der Waals surface area contributed by atoms with Gasteiger partial charge in [0, 0.05) is 42.3 Å². The number of nitrogens with zero attached hydrogens (tertiary/aromatic N) is 1. The number of amides is 1. The molecule has 3 heterocycles. The standard InChI is InChI=1S/C16H26N4O6S2/c1-7-12-11(8(2)21)15(22)20(12)13(16(23)24)14(7)27-10-4-9(18-6-10)5-19-28(25,26)17-3/h7-12,17-19,21H,4-6H2,1-3H3,(H,23,24). The molecule has 6 unspecified atom stereocenters. The van der Waals surface area contributed by atoms with E-state index in [-0.39, 0.29) is 41.4 Å². The maximum Gasteiger partial charge on any atom is 0.353 e. The number of fused-ring (bicyclic) bond motifs is 1. The van der Waals surface area contributed by atoms with Crippen molar-refractivity contribution >= 4 is 33.8 Å². The maximum absolute atomic E-state index is 12.4. The van der Waals surface area contributed by atoms with Crippen LogP contribution in [0.1, 0.15) is 20.3 Å². The summed E-state index contributed by atoms with van der Waals surface area (Å²) in [5.74, 6) is -2.23. The fourth-order valence-electron chi connectivity index (χ4n) is 4.17. The van der Waals surface area contributed by atoms with Gasteiger partial charge in [-0.1, -0.05) is 6.92 Å². The molecule has 0 radical (unpaired) electrons. The van der Waals surface area contributed by atoms with Gasteiger partial charge in [-0.25, -0.2) is 14.2 Å². The second-order valence-electron chi connectivity index (χ2n) is 7.41. The summed E-state index contributed by atoms with van der Waals surface area (Å²) in [6, 6.07) is -0.385. The molecule has 0 aromatic rings. The lowest BCUT2D eigenvalue weighted by molar-refractivity contribution is -0.163. The zero-order valence-electron chi connectivity index (χ0n) is 15.9. The Labute approximate surface area is 168 Å².